The number of aromatic nitrogens is 2. The minimum atomic E-state index is -0.814. The zero-order chi connectivity index (χ0) is 13.1. The first-order chi connectivity index (χ1) is 8.58. The maximum Gasteiger partial charge on any atom is 0.305 e. The van der Waals surface area contributed by atoms with Crippen molar-refractivity contribution >= 4 is 21.9 Å². The van der Waals surface area contributed by atoms with E-state index < -0.39 is 5.97 Å². The summed E-state index contributed by atoms with van der Waals surface area (Å²) in [6, 6.07) is 7.91. The van der Waals surface area contributed by atoms with Crippen LogP contribution in [0.2, 0.25) is 0 Å². The van der Waals surface area contributed by atoms with Gasteiger partial charge >= 0.3 is 5.97 Å². The molecule has 0 saturated carbocycles. The van der Waals surface area contributed by atoms with Gasteiger partial charge in [-0.15, -0.1) is 0 Å². The monoisotopic (exact) mass is 308 g/mol. The Morgan fingerprint density at radius 3 is 2.78 bits per heavy atom. The smallest absolute Gasteiger partial charge is 0.305 e. The maximum absolute atomic E-state index is 10.5. The molecule has 2 aromatic rings. The topological polar surface area (TPSA) is 55.1 Å². The summed E-state index contributed by atoms with van der Waals surface area (Å²) >= 11 is 3.51. The van der Waals surface area contributed by atoms with E-state index in [0.29, 0.717) is 6.54 Å². The third kappa shape index (κ3) is 2.79. The van der Waals surface area contributed by atoms with E-state index in [-0.39, 0.29) is 6.42 Å². The number of aliphatic carboxylic acids is 1. The Morgan fingerprint density at radius 2 is 2.11 bits per heavy atom. The molecule has 0 aliphatic heterocycles. The summed E-state index contributed by atoms with van der Waals surface area (Å²) in [5, 5.41) is 13.0. The number of carboxylic acids is 1. The Labute approximate surface area is 113 Å². The van der Waals surface area contributed by atoms with Gasteiger partial charge in [-0.1, -0.05) is 34.1 Å². The van der Waals surface area contributed by atoms with Gasteiger partial charge in [0.15, 0.2) is 0 Å². The molecule has 4 nitrogen and oxygen atoms in total. The highest BCUT2D eigenvalue weighted by Crippen LogP contribution is 2.29. The lowest BCUT2D eigenvalue weighted by atomic mass is 10.1. The third-order valence-electron chi connectivity index (χ3n) is 2.67. The average molecular weight is 309 g/mol. The van der Waals surface area contributed by atoms with Gasteiger partial charge in [0.25, 0.3) is 0 Å². The fourth-order valence-electron chi connectivity index (χ4n) is 1.79. The molecule has 0 atom stereocenters. The van der Waals surface area contributed by atoms with Crippen LogP contribution in [0.4, 0.5) is 0 Å². The first kappa shape index (κ1) is 12.8. The van der Waals surface area contributed by atoms with Crippen molar-refractivity contribution in [1.29, 1.82) is 0 Å². The van der Waals surface area contributed by atoms with Crippen molar-refractivity contribution in [2.45, 2.75) is 19.9 Å². The van der Waals surface area contributed by atoms with Crippen LogP contribution in [0.1, 0.15) is 12.1 Å². The van der Waals surface area contributed by atoms with Crippen LogP contribution >= 0.6 is 15.9 Å². The predicted molar refractivity (Wildman–Crippen MR) is 72.4 cm³/mol. The molecular weight excluding hydrogens is 296 g/mol. The summed E-state index contributed by atoms with van der Waals surface area (Å²) in [4.78, 5) is 10.5. The molecule has 0 bridgehead atoms. The molecule has 94 valence electrons. The quantitative estimate of drug-likeness (QED) is 0.944. The lowest BCUT2D eigenvalue weighted by molar-refractivity contribution is -0.137. The maximum atomic E-state index is 10.5. The molecule has 0 amide bonds. The van der Waals surface area contributed by atoms with Crippen molar-refractivity contribution in [2.24, 2.45) is 0 Å². The fraction of sp³-hybridized carbons (Fsp3) is 0.231. The molecule has 0 fully saturated rings. The Kier molecular flexibility index (Phi) is 3.81. The number of nitrogens with zero attached hydrogens (tertiary/aromatic N) is 2. The number of benzene rings is 1. The standard InChI is InChI=1S/C13H13BrN2O2/c1-9-11(10-4-2-3-5-12(10)14)8-16(15-9)7-6-13(17)18/h2-5,8H,6-7H2,1H3,(H,17,18). The highest BCUT2D eigenvalue weighted by molar-refractivity contribution is 9.10. The molecule has 0 saturated heterocycles. The molecule has 2 rings (SSSR count). The first-order valence-corrected chi connectivity index (χ1v) is 6.38. The van der Waals surface area contributed by atoms with E-state index in [0.717, 1.165) is 21.3 Å². The summed E-state index contributed by atoms with van der Waals surface area (Å²) in [6.07, 6.45) is 1.97. The second-order valence-corrected chi connectivity index (χ2v) is 4.87. The molecule has 1 heterocycles. The van der Waals surface area contributed by atoms with Gasteiger partial charge in [-0.3, -0.25) is 9.48 Å². The largest absolute Gasteiger partial charge is 0.481 e. The van der Waals surface area contributed by atoms with Gasteiger partial charge in [0.05, 0.1) is 18.7 Å². The van der Waals surface area contributed by atoms with Gasteiger partial charge in [-0.2, -0.15) is 5.10 Å². The SMILES string of the molecule is Cc1nn(CCC(=O)O)cc1-c1ccccc1Br. The normalized spacial score (nSPS) is 10.6. The van der Waals surface area contributed by atoms with Crippen molar-refractivity contribution in [3.05, 3.63) is 40.6 Å². The van der Waals surface area contributed by atoms with Gasteiger partial charge in [-0.25, -0.2) is 0 Å². The number of carbonyl (C=O) groups is 1. The van der Waals surface area contributed by atoms with Crippen LogP contribution in [0, 0.1) is 6.92 Å². The van der Waals surface area contributed by atoms with Crippen LogP contribution in [0.15, 0.2) is 34.9 Å². The molecule has 0 aliphatic rings. The van der Waals surface area contributed by atoms with Gasteiger partial charge < -0.3 is 5.11 Å². The summed E-state index contributed by atoms with van der Waals surface area (Å²) in [5.74, 6) is -0.814. The second kappa shape index (κ2) is 5.35. The predicted octanol–water partition coefficient (Wildman–Crippen LogP) is 3.10. The lowest BCUT2D eigenvalue weighted by Crippen LogP contribution is -2.04. The second-order valence-electron chi connectivity index (χ2n) is 4.01. The summed E-state index contributed by atoms with van der Waals surface area (Å²) in [5.41, 5.74) is 2.98. The molecule has 0 radical (unpaired) electrons. The Bertz CT molecular complexity index is 578. The molecule has 1 N–H and O–H groups in total. The first-order valence-electron chi connectivity index (χ1n) is 5.58. The van der Waals surface area contributed by atoms with Crippen LogP contribution in [-0.2, 0) is 11.3 Å². The Hall–Kier alpha value is -1.62. The molecule has 0 unspecified atom stereocenters. The van der Waals surface area contributed by atoms with Gasteiger partial charge in [0.1, 0.15) is 0 Å². The van der Waals surface area contributed by atoms with Crippen molar-refractivity contribution in [2.75, 3.05) is 0 Å². The van der Waals surface area contributed by atoms with E-state index >= 15 is 0 Å². The minimum Gasteiger partial charge on any atom is -0.481 e. The Balaban J connectivity index is 2.30. The lowest BCUT2D eigenvalue weighted by Gasteiger charge is -2.01. The number of rotatable bonds is 4. The number of hydrogen-bond donors (Lipinski definition) is 1. The highest BCUT2D eigenvalue weighted by Gasteiger charge is 2.10. The highest BCUT2D eigenvalue weighted by atomic mass is 79.9. The van der Waals surface area contributed by atoms with Crippen molar-refractivity contribution in [1.82, 2.24) is 9.78 Å². The van der Waals surface area contributed by atoms with Gasteiger partial charge in [0, 0.05) is 16.2 Å². The minimum absolute atomic E-state index is 0.0799. The van der Waals surface area contributed by atoms with Crippen molar-refractivity contribution < 1.29 is 9.90 Å². The molecule has 1 aromatic carbocycles. The van der Waals surface area contributed by atoms with Crippen molar-refractivity contribution in [3.8, 4) is 11.1 Å². The van der Waals surface area contributed by atoms with Crippen LogP contribution in [0.3, 0.4) is 0 Å². The molecular formula is C13H13BrN2O2. The number of aryl methyl sites for hydroxylation is 2. The summed E-state index contributed by atoms with van der Waals surface area (Å²) in [7, 11) is 0. The fourth-order valence-corrected chi connectivity index (χ4v) is 2.29. The number of carboxylic acid groups (broad SMARTS) is 1. The zero-order valence-electron chi connectivity index (χ0n) is 9.93. The van der Waals surface area contributed by atoms with Crippen molar-refractivity contribution in [3.63, 3.8) is 0 Å². The molecule has 18 heavy (non-hydrogen) atoms. The van der Waals surface area contributed by atoms with E-state index in [1.54, 1.807) is 4.68 Å². The van der Waals surface area contributed by atoms with Crippen LogP contribution in [0.25, 0.3) is 11.1 Å². The molecule has 5 heteroatoms. The van der Waals surface area contributed by atoms with E-state index in [1.807, 2.05) is 37.4 Å². The average Bonchev–Trinajstić information content (AvgIpc) is 2.69. The van der Waals surface area contributed by atoms with E-state index in [9.17, 15) is 4.79 Å². The van der Waals surface area contributed by atoms with E-state index in [2.05, 4.69) is 21.0 Å². The Morgan fingerprint density at radius 1 is 1.39 bits per heavy atom. The van der Waals surface area contributed by atoms with Gasteiger partial charge in [0.2, 0.25) is 0 Å². The van der Waals surface area contributed by atoms with Crippen LogP contribution in [0.5, 0.6) is 0 Å². The molecule has 0 aliphatic carbocycles. The van der Waals surface area contributed by atoms with E-state index in [1.165, 1.54) is 0 Å². The summed E-state index contributed by atoms with van der Waals surface area (Å²) < 4.78 is 2.68. The zero-order valence-corrected chi connectivity index (χ0v) is 11.5. The summed E-state index contributed by atoms with van der Waals surface area (Å²) in [6.45, 7) is 2.31. The van der Waals surface area contributed by atoms with Crippen LogP contribution < -0.4 is 0 Å². The van der Waals surface area contributed by atoms with Gasteiger partial charge in [-0.05, 0) is 18.6 Å². The molecule has 0 spiro atoms. The van der Waals surface area contributed by atoms with E-state index in [4.69, 9.17) is 5.11 Å². The third-order valence-corrected chi connectivity index (χ3v) is 3.36. The molecule has 1 aromatic heterocycles. The number of hydrogen-bond acceptors (Lipinski definition) is 2. The van der Waals surface area contributed by atoms with Crippen LogP contribution in [-0.4, -0.2) is 20.9 Å². The number of halogens is 1.